The van der Waals surface area contributed by atoms with Gasteiger partial charge in [0.1, 0.15) is 12.4 Å². The molecule has 8 heteroatoms. The van der Waals surface area contributed by atoms with Gasteiger partial charge in [-0.2, -0.15) is 9.90 Å². The van der Waals surface area contributed by atoms with Gasteiger partial charge in [0.15, 0.2) is 0 Å². The zero-order chi connectivity index (χ0) is 16.8. The van der Waals surface area contributed by atoms with Crippen LogP contribution in [-0.2, 0) is 11.3 Å². The van der Waals surface area contributed by atoms with E-state index in [9.17, 15) is 9.18 Å². The topological polar surface area (TPSA) is 85.1 Å². The first-order valence-corrected chi connectivity index (χ1v) is 7.11. The van der Waals surface area contributed by atoms with E-state index in [1.807, 2.05) is 30.3 Å². The van der Waals surface area contributed by atoms with Gasteiger partial charge in [-0.3, -0.25) is 4.79 Å². The molecule has 0 bridgehead atoms. The summed E-state index contributed by atoms with van der Waals surface area (Å²) in [5, 5.41) is 15.6. The maximum Gasteiger partial charge on any atom is 0.263 e. The molecule has 2 aromatic carbocycles. The van der Waals surface area contributed by atoms with Crippen molar-refractivity contribution in [1.29, 1.82) is 0 Å². The van der Waals surface area contributed by atoms with E-state index >= 15 is 0 Å². The van der Waals surface area contributed by atoms with Gasteiger partial charge in [-0.1, -0.05) is 42.5 Å². The van der Waals surface area contributed by atoms with Crippen LogP contribution in [0.4, 0.5) is 4.39 Å². The van der Waals surface area contributed by atoms with Gasteiger partial charge in [-0.05, 0) is 22.9 Å². The van der Waals surface area contributed by atoms with Crippen molar-refractivity contribution < 1.29 is 9.18 Å². The molecule has 3 rings (SSSR count). The maximum absolute atomic E-state index is 13.0. The van der Waals surface area contributed by atoms with Crippen LogP contribution >= 0.6 is 0 Å². The van der Waals surface area contributed by atoms with Crippen LogP contribution in [-0.4, -0.2) is 32.3 Å². The monoisotopic (exact) mass is 324 g/mol. The number of benzene rings is 2. The number of nitrogens with one attached hydrogen (secondary N) is 1. The molecule has 0 aliphatic rings. The molecule has 0 saturated heterocycles. The highest BCUT2D eigenvalue weighted by Gasteiger charge is 2.08. The van der Waals surface area contributed by atoms with E-state index < -0.39 is 5.91 Å². The van der Waals surface area contributed by atoms with Crippen LogP contribution in [0.3, 0.4) is 0 Å². The average molecular weight is 324 g/mol. The largest absolute Gasteiger partial charge is 0.271 e. The lowest BCUT2D eigenvalue weighted by atomic mass is 10.2. The normalized spacial score (nSPS) is 10.9. The molecule has 1 heterocycles. The molecule has 1 aromatic heterocycles. The molecule has 7 nitrogen and oxygen atoms in total. The number of hydrazone groups is 1. The molecule has 0 fully saturated rings. The zero-order valence-electron chi connectivity index (χ0n) is 12.5. The molecule has 24 heavy (non-hydrogen) atoms. The van der Waals surface area contributed by atoms with Crippen molar-refractivity contribution in [2.24, 2.45) is 5.10 Å². The molecule has 3 aromatic rings. The highest BCUT2D eigenvalue weighted by molar-refractivity contribution is 5.82. The Morgan fingerprint density at radius 1 is 1.21 bits per heavy atom. The van der Waals surface area contributed by atoms with Crippen LogP contribution in [0.15, 0.2) is 59.7 Å². The second kappa shape index (κ2) is 7.23. The van der Waals surface area contributed by atoms with Gasteiger partial charge < -0.3 is 0 Å². The number of carbonyl (C=O) groups is 1. The molecule has 1 amide bonds. The van der Waals surface area contributed by atoms with Crippen molar-refractivity contribution in [1.82, 2.24) is 25.6 Å². The van der Waals surface area contributed by atoms with Crippen molar-refractivity contribution in [3.8, 4) is 11.4 Å². The van der Waals surface area contributed by atoms with Crippen molar-refractivity contribution in [2.75, 3.05) is 0 Å². The third kappa shape index (κ3) is 4.07. The average Bonchev–Trinajstić information content (AvgIpc) is 3.04. The van der Waals surface area contributed by atoms with Gasteiger partial charge in [-0.25, -0.2) is 9.82 Å². The summed E-state index contributed by atoms with van der Waals surface area (Å²) in [6.07, 6.45) is 1.35. The summed E-state index contributed by atoms with van der Waals surface area (Å²) >= 11 is 0. The Kier molecular flexibility index (Phi) is 4.66. The van der Waals surface area contributed by atoms with E-state index in [1.54, 1.807) is 12.1 Å². The van der Waals surface area contributed by atoms with Gasteiger partial charge in [0.05, 0.1) is 6.21 Å². The smallest absolute Gasteiger partial charge is 0.263 e. The third-order valence-electron chi connectivity index (χ3n) is 3.02. The molecule has 1 N–H and O–H groups in total. The highest BCUT2D eigenvalue weighted by Crippen LogP contribution is 2.11. The Morgan fingerprint density at radius 3 is 2.83 bits per heavy atom. The second-order valence-electron chi connectivity index (χ2n) is 4.86. The van der Waals surface area contributed by atoms with E-state index in [0.29, 0.717) is 11.4 Å². The van der Waals surface area contributed by atoms with Crippen molar-refractivity contribution in [2.45, 2.75) is 6.54 Å². The summed E-state index contributed by atoms with van der Waals surface area (Å²) in [5.41, 5.74) is 3.68. The molecule has 0 aliphatic heterocycles. The molecular formula is C16H13FN6O. The minimum absolute atomic E-state index is 0.125. The number of aromatic nitrogens is 4. The quantitative estimate of drug-likeness (QED) is 0.571. The second-order valence-corrected chi connectivity index (χ2v) is 4.86. The molecule has 0 aliphatic carbocycles. The molecular weight excluding hydrogens is 311 g/mol. The van der Waals surface area contributed by atoms with E-state index in [-0.39, 0.29) is 12.4 Å². The van der Waals surface area contributed by atoms with Crippen LogP contribution in [0, 0.1) is 5.82 Å². The Morgan fingerprint density at radius 2 is 2.04 bits per heavy atom. The number of rotatable bonds is 5. The van der Waals surface area contributed by atoms with Gasteiger partial charge in [0.25, 0.3) is 5.91 Å². The number of tetrazole rings is 1. The molecule has 0 radical (unpaired) electrons. The number of hydrogen-bond donors (Lipinski definition) is 1. The SMILES string of the molecule is O=C(Cn1nnc(-c2ccccc2)n1)NN=Cc1cccc(F)c1. The minimum Gasteiger partial charge on any atom is -0.271 e. The minimum atomic E-state index is -0.417. The standard InChI is InChI=1S/C16H13FN6O/c17-14-8-4-5-12(9-14)10-18-19-15(24)11-23-21-16(20-22-23)13-6-2-1-3-7-13/h1-10H,11H2,(H,19,24). The summed E-state index contributed by atoms with van der Waals surface area (Å²) in [7, 11) is 0. The van der Waals surface area contributed by atoms with Gasteiger partial charge >= 0.3 is 0 Å². The maximum atomic E-state index is 13.0. The molecule has 0 unspecified atom stereocenters. The van der Waals surface area contributed by atoms with Crippen LogP contribution in [0.2, 0.25) is 0 Å². The predicted octanol–water partition coefficient (Wildman–Crippen LogP) is 1.63. The first-order valence-electron chi connectivity index (χ1n) is 7.11. The highest BCUT2D eigenvalue weighted by atomic mass is 19.1. The predicted molar refractivity (Wildman–Crippen MR) is 85.4 cm³/mol. The summed E-state index contributed by atoms with van der Waals surface area (Å²) in [6.45, 7) is -0.125. The lowest BCUT2D eigenvalue weighted by Crippen LogP contribution is -2.24. The molecule has 0 spiro atoms. The number of nitrogens with zero attached hydrogens (tertiary/aromatic N) is 5. The van der Waals surface area contributed by atoms with Crippen LogP contribution in [0.25, 0.3) is 11.4 Å². The van der Waals surface area contributed by atoms with Crippen molar-refractivity contribution in [3.05, 3.63) is 66.0 Å². The Bertz CT molecular complexity index is 862. The van der Waals surface area contributed by atoms with Gasteiger partial charge in [0.2, 0.25) is 5.82 Å². The Labute approximate surface area is 136 Å². The summed E-state index contributed by atoms with van der Waals surface area (Å²) in [4.78, 5) is 13.0. The van der Waals surface area contributed by atoms with Crippen LogP contribution in [0.5, 0.6) is 0 Å². The van der Waals surface area contributed by atoms with Crippen LogP contribution in [0.1, 0.15) is 5.56 Å². The van der Waals surface area contributed by atoms with E-state index in [2.05, 4.69) is 25.9 Å². The zero-order valence-corrected chi connectivity index (χ0v) is 12.5. The van der Waals surface area contributed by atoms with Crippen LogP contribution < -0.4 is 5.43 Å². The summed E-state index contributed by atoms with van der Waals surface area (Å²) in [6, 6.07) is 15.2. The van der Waals surface area contributed by atoms with Gasteiger partial charge in [-0.15, -0.1) is 10.2 Å². The molecule has 0 saturated carbocycles. The lowest BCUT2D eigenvalue weighted by Gasteiger charge is -1.98. The summed E-state index contributed by atoms with van der Waals surface area (Å²) < 4.78 is 13.0. The lowest BCUT2D eigenvalue weighted by molar-refractivity contribution is -0.122. The first kappa shape index (κ1) is 15.5. The number of hydrogen-bond acceptors (Lipinski definition) is 5. The van der Waals surface area contributed by atoms with Crippen molar-refractivity contribution >= 4 is 12.1 Å². The first-order chi connectivity index (χ1) is 11.7. The van der Waals surface area contributed by atoms with E-state index in [4.69, 9.17) is 0 Å². The summed E-state index contributed by atoms with van der Waals surface area (Å²) in [5.74, 6) is -0.350. The number of halogens is 1. The van der Waals surface area contributed by atoms with Gasteiger partial charge in [0, 0.05) is 5.56 Å². The number of carbonyl (C=O) groups excluding carboxylic acids is 1. The Balaban J connectivity index is 1.57. The Hall–Kier alpha value is -3.42. The van der Waals surface area contributed by atoms with E-state index in [0.717, 1.165) is 5.56 Å². The van der Waals surface area contributed by atoms with E-state index in [1.165, 1.54) is 23.1 Å². The fourth-order valence-electron chi connectivity index (χ4n) is 1.94. The third-order valence-corrected chi connectivity index (χ3v) is 3.02. The fourth-order valence-corrected chi connectivity index (χ4v) is 1.94. The number of amides is 1. The fraction of sp³-hybridized carbons (Fsp3) is 0.0625. The van der Waals surface area contributed by atoms with Crippen molar-refractivity contribution in [3.63, 3.8) is 0 Å². The molecule has 120 valence electrons. The molecule has 0 atom stereocenters.